The Bertz CT molecular complexity index is 369. The molecule has 6 atom stereocenters. The van der Waals surface area contributed by atoms with E-state index in [1.807, 2.05) is 0 Å². The SMILES string of the molecule is CC/C=C/C12C3CC4C[C@@](O)(O3)C1CCN42. The molecule has 88 valence electrons. The van der Waals surface area contributed by atoms with Crippen LogP contribution in [0.4, 0.5) is 0 Å². The molecule has 0 saturated carbocycles. The van der Waals surface area contributed by atoms with E-state index in [0.29, 0.717) is 12.0 Å². The number of nitrogens with zero attached hydrogens (tertiary/aromatic N) is 1. The van der Waals surface area contributed by atoms with Gasteiger partial charge in [0.1, 0.15) is 0 Å². The summed E-state index contributed by atoms with van der Waals surface area (Å²) in [6.07, 6.45) is 8.94. The molecule has 5 fully saturated rings. The quantitative estimate of drug-likeness (QED) is 0.713. The highest BCUT2D eigenvalue weighted by Gasteiger charge is 2.75. The molecule has 0 spiro atoms. The number of hydrogen-bond donors (Lipinski definition) is 1. The first-order valence-corrected chi connectivity index (χ1v) is 6.55. The standard InChI is InChI=1S/C13H19NO2/c1-2-3-5-12-10-4-6-14(12)9-7-11(12)16-13(10,15)8-9/h3,5,9-11,15H,2,4,6-8H2,1H3/b5-3+/t9?,10?,11?,12?,13-/m1/s1. The highest BCUT2D eigenvalue weighted by atomic mass is 16.6. The van der Waals surface area contributed by atoms with Gasteiger partial charge in [-0.05, 0) is 25.8 Å². The van der Waals surface area contributed by atoms with Crippen molar-refractivity contribution in [3.8, 4) is 0 Å². The number of allylic oxidation sites excluding steroid dienone is 1. The number of piperidine rings is 1. The average Bonchev–Trinajstić information content (AvgIpc) is 2.76. The Balaban J connectivity index is 1.85. The van der Waals surface area contributed by atoms with Gasteiger partial charge >= 0.3 is 0 Å². The van der Waals surface area contributed by atoms with Crippen LogP contribution in [0.15, 0.2) is 12.2 Å². The van der Waals surface area contributed by atoms with Crippen molar-refractivity contribution in [2.24, 2.45) is 5.92 Å². The zero-order valence-corrected chi connectivity index (χ0v) is 9.72. The summed E-state index contributed by atoms with van der Waals surface area (Å²) in [5.41, 5.74) is 0.0493. The Labute approximate surface area is 96.1 Å². The van der Waals surface area contributed by atoms with Gasteiger partial charge in [0.25, 0.3) is 0 Å². The van der Waals surface area contributed by atoms with E-state index >= 15 is 0 Å². The Hall–Kier alpha value is -0.380. The van der Waals surface area contributed by atoms with Gasteiger partial charge in [-0.15, -0.1) is 0 Å². The number of ether oxygens (including phenoxy) is 1. The lowest BCUT2D eigenvalue weighted by molar-refractivity contribution is -0.237. The molecule has 5 aliphatic rings. The molecular weight excluding hydrogens is 202 g/mol. The molecule has 5 aliphatic heterocycles. The summed E-state index contributed by atoms with van der Waals surface area (Å²) in [5.74, 6) is -0.495. The second-order valence-corrected chi connectivity index (χ2v) is 5.78. The van der Waals surface area contributed by atoms with Gasteiger partial charge in [0.05, 0.1) is 11.6 Å². The summed E-state index contributed by atoms with van der Waals surface area (Å²) in [5, 5.41) is 10.6. The number of aliphatic hydroxyl groups is 1. The Morgan fingerprint density at radius 3 is 3.25 bits per heavy atom. The minimum atomic E-state index is -0.807. The largest absolute Gasteiger partial charge is 0.365 e. The van der Waals surface area contributed by atoms with Gasteiger partial charge < -0.3 is 9.84 Å². The van der Waals surface area contributed by atoms with Gasteiger partial charge in [-0.1, -0.05) is 19.1 Å². The summed E-state index contributed by atoms with van der Waals surface area (Å²) >= 11 is 0. The third kappa shape index (κ3) is 0.814. The van der Waals surface area contributed by atoms with Crippen molar-refractivity contribution in [2.75, 3.05) is 6.54 Å². The molecule has 0 aromatic heterocycles. The number of rotatable bonds is 2. The van der Waals surface area contributed by atoms with Gasteiger partial charge in [0.15, 0.2) is 5.79 Å². The van der Waals surface area contributed by atoms with E-state index in [9.17, 15) is 5.11 Å². The van der Waals surface area contributed by atoms with E-state index in [1.165, 1.54) is 0 Å². The van der Waals surface area contributed by atoms with Crippen molar-refractivity contribution in [1.29, 1.82) is 0 Å². The van der Waals surface area contributed by atoms with E-state index in [2.05, 4.69) is 24.0 Å². The fourth-order valence-corrected chi connectivity index (χ4v) is 4.77. The van der Waals surface area contributed by atoms with E-state index in [4.69, 9.17) is 4.74 Å². The molecule has 5 heterocycles. The molecule has 16 heavy (non-hydrogen) atoms. The molecule has 6 bridgehead atoms. The van der Waals surface area contributed by atoms with Crippen molar-refractivity contribution in [1.82, 2.24) is 4.90 Å². The average molecular weight is 221 g/mol. The van der Waals surface area contributed by atoms with Crippen LogP contribution < -0.4 is 0 Å². The smallest absolute Gasteiger partial charge is 0.172 e. The first-order chi connectivity index (χ1) is 7.71. The van der Waals surface area contributed by atoms with Crippen molar-refractivity contribution in [2.45, 2.75) is 56.1 Å². The fraction of sp³-hybridized carbons (Fsp3) is 0.846. The zero-order valence-electron chi connectivity index (χ0n) is 9.72. The lowest BCUT2D eigenvalue weighted by Gasteiger charge is -2.42. The van der Waals surface area contributed by atoms with Crippen LogP contribution in [-0.2, 0) is 4.74 Å². The molecule has 0 radical (unpaired) electrons. The normalized spacial score (nSPS) is 61.6. The van der Waals surface area contributed by atoms with Gasteiger partial charge in [0, 0.05) is 18.4 Å². The van der Waals surface area contributed by atoms with Gasteiger partial charge in [-0.25, -0.2) is 0 Å². The maximum Gasteiger partial charge on any atom is 0.172 e. The second kappa shape index (κ2) is 2.71. The Kier molecular flexibility index (Phi) is 1.63. The molecule has 1 N–H and O–H groups in total. The topological polar surface area (TPSA) is 32.7 Å². The van der Waals surface area contributed by atoms with Crippen LogP contribution in [-0.4, -0.2) is 40.0 Å². The van der Waals surface area contributed by atoms with Crippen LogP contribution in [0.5, 0.6) is 0 Å². The zero-order chi connectivity index (χ0) is 11.0. The lowest BCUT2D eigenvalue weighted by Crippen LogP contribution is -2.55. The summed E-state index contributed by atoms with van der Waals surface area (Å²) < 4.78 is 5.94. The van der Waals surface area contributed by atoms with Crippen LogP contribution >= 0.6 is 0 Å². The van der Waals surface area contributed by atoms with Crippen LogP contribution in [0.2, 0.25) is 0 Å². The summed E-state index contributed by atoms with van der Waals surface area (Å²) in [6, 6.07) is 0.559. The molecular formula is C13H19NO2. The highest BCUT2D eigenvalue weighted by Crippen LogP contribution is 2.64. The minimum Gasteiger partial charge on any atom is -0.365 e. The first kappa shape index (κ1) is 9.63. The molecule has 0 amide bonds. The first-order valence-electron chi connectivity index (χ1n) is 6.55. The van der Waals surface area contributed by atoms with Gasteiger partial charge in [-0.3, -0.25) is 4.90 Å². The highest BCUT2D eigenvalue weighted by molar-refractivity contribution is 5.32. The van der Waals surface area contributed by atoms with Gasteiger partial charge in [-0.2, -0.15) is 0 Å². The third-order valence-electron chi connectivity index (χ3n) is 5.20. The Morgan fingerprint density at radius 2 is 2.44 bits per heavy atom. The predicted octanol–water partition coefficient (Wildman–Crippen LogP) is 1.28. The van der Waals surface area contributed by atoms with Crippen LogP contribution in [0.1, 0.15) is 32.6 Å². The van der Waals surface area contributed by atoms with E-state index in [0.717, 1.165) is 32.2 Å². The van der Waals surface area contributed by atoms with Crippen molar-refractivity contribution >= 4 is 0 Å². The van der Waals surface area contributed by atoms with Crippen LogP contribution in [0, 0.1) is 5.92 Å². The molecule has 5 unspecified atom stereocenters. The Morgan fingerprint density at radius 1 is 1.56 bits per heavy atom. The van der Waals surface area contributed by atoms with E-state index in [1.54, 1.807) is 0 Å². The molecule has 0 aromatic carbocycles. The molecule has 0 aliphatic carbocycles. The van der Waals surface area contributed by atoms with Crippen molar-refractivity contribution in [3.63, 3.8) is 0 Å². The summed E-state index contributed by atoms with van der Waals surface area (Å²) in [7, 11) is 0. The predicted molar refractivity (Wildman–Crippen MR) is 59.8 cm³/mol. The van der Waals surface area contributed by atoms with Crippen molar-refractivity contribution < 1.29 is 9.84 Å². The van der Waals surface area contributed by atoms with Crippen molar-refractivity contribution in [3.05, 3.63) is 12.2 Å². The number of hydrogen-bond acceptors (Lipinski definition) is 3. The monoisotopic (exact) mass is 221 g/mol. The molecule has 3 nitrogen and oxygen atoms in total. The van der Waals surface area contributed by atoms with E-state index in [-0.39, 0.29) is 11.6 Å². The summed E-state index contributed by atoms with van der Waals surface area (Å²) in [6.45, 7) is 3.31. The molecule has 5 rings (SSSR count). The van der Waals surface area contributed by atoms with Gasteiger partial charge in [0.2, 0.25) is 0 Å². The fourth-order valence-electron chi connectivity index (χ4n) is 4.77. The maximum atomic E-state index is 10.6. The van der Waals surface area contributed by atoms with E-state index < -0.39 is 5.79 Å². The molecule has 0 aromatic rings. The third-order valence-corrected chi connectivity index (χ3v) is 5.20. The minimum absolute atomic E-state index is 0.0493. The van der Waals surface area contributed by atoms with Crippen LogP contribution in [0.3, 0.4) is 0 Å². The maximum absolute atomic E-state index is 10.6. The molecule has 5 saturated heterocycles. The lowest BCUT2D eigenvalue weighted by atomic mass is 9.78. The molecule has 3 heteroatoms. The second-order valence-electron chi connectivity index (χ2n) is 5.78. The summed E-state index contributed by atoms with van der Waals surface area (Å²) in [4.78, 5) is 2.61. The van der Waals surface area contributed by atoms with Crippen LogP contribution in [0.25, 0.3) is 0 Å².